The number of carbonyl (C=O) groups excluding carboxylic acids is 1. The molecule has 0 unspecified atom stereocenters. The lowest BCUT2D eigenvalue weighted by atomic mass is 9.81. The van der Waals surface area contributed by atoms with E-state index in [0.717, 1.165) is 25.3 Å². The Morgan fingerprint density at radius 3 is 2.60 bits per heavy atom. The first-order chi connectivity index (χ1) is 14.3. The van der Waals surface area contributed by atoms with E-state index in [9.17, 15) is 22.9 Å². The Morgan fingerprint density at radius 2 is 1.97 bits per heavy atom. The van der Waals surface area contributed by atoms with Crippen LogP contribution in [0, 0.1) is 17.1 Å². The minimum Gasteiger partial charge on any atom is -0.379 e. The number of hydrogen-bond donors (Lipinski definition) is 1. The molecular weight excluding hydrogens is 411 g/mol. The molecule has 1 aromatic carbocycles. The lowest BCUT2D eigenvalue weighted by molar-refractivity contribution is -0.132. The molecule has 10 heteroatoms. The monoisotopic (exact) mass is 438 g/mol. The van der Waals surface area contributed by atoms with Gasteiger partial charge in [-0.15, -0.1) is 0 Å². The van der Waals surface area contributed by atoms with E-state index in [0.29, 0.717) is 18.5 Å². The fourth-order valence-corrected chi connectivity index (χ4v) is 5.43. The molecule has 1 aromatic rings. The van der Waals surface area contributed by atoms with Gasteiger partial charge in [0, 0.05) is 25.8 Å². The maximum absolute atomic E-state index is 14.3. The molecule has 0 bridgehead atoms. The molecule has 0 aromatic heterocycles. The summed E-state index contributed by atoms with van der Waals surface area (Å²) in [5.41, 5.74) is -0.482. The number of benzene rings is 1. The smallest absolute Gasteiger partial charge is 0.246 e. The SMILES string of the molecule is CN(C(=O)CNc1ccc(F)c(S(=O)(=O)N2CCOCC2)c1)C1(C#N)CCCCC1. The molecular formula is C20H27FN4O4S. The Kier molecular flexibility index (Phi) is 6.95. The van der Waals surface area contributed by atoms with Crippen molar-refractivity contribution in [3.8, 4) is 6.07 Å². The van der Waals surface area contributed by atoms with Gasteiger partial charge in [-0.1, -0.05) is 19.3 Å². The van der Waals surface area contributed by atoms with Crippen LogP contribution < -0.4 is 5.32 Å². The average molecular weight is 439 g/mol. The van der Waals surface area contributed by atoms with Gasteiger partial charge >= 0.3 is 0 Å². The third-order valence-electron chi connectivity index (χ3n) is 5.87. The second-order valence-electron chi connectivity index (χ2n) is 7.67. The Balaban J connectivity index is 1.71. The van der Waals surface area contributed by atoms with Gasteiger partial charge < -0.3 is 15.0 Å². The molecule has 1 saturated carbocycles. The van der Waals surface area contributed by atoms with E-state index in [2.05, 4.69) is 11.4 Å². The van der Waals surface area contributed by atoms with Crippen molar-refractivity contribution in [2.45, 2.75) is 42.5 Å². The normalized spacial score (nSPS) is 19.6. The lowest BCUT2D eigenvalue weighted by Gasteiger charge is -2.39. The van der Waals surface area contributed by atoms with E-state index in [-0.39, 0.29) is 38.8 Å². The Hall–Kier alpha value is -2.22. The summed E-state index contributed by atoms with van der Waals surface area (Å²) >= 11 is 0. The predicted octanol–water partition coefficient (Wildman–Crippen LogP) is 1.94. The zero-order valence-corrected chi connectivity index (χ0v) is 17.9. The fourth-order valence-electron chi connectivity index (χ4n) is 3.93. The molecule has 1 aliphatic heterocycles. The molecule has 1 saturated heterocycles. The quantitative estimate of drug-likeness (QED) is 0.728. The number of hydrogen-bond acceptors (Lipinski definition) is 6. The molecule has 1 N–H and O–H groups in total. The summed E-state index contributed by atoms with van der Waals surface area (Å²) in [6.45, 7) is 0.737. The minimum absolute atomic E-state index is 0.122. The highest BCUT2D eigenvalue weighted by Gasteiger charge is 2.38. The summed E-state index contributed by atoms with van der Waals surface area (Å²) in [4.78, 5) is 13.7. The molecule has 164 valence electrons. The summed E-state index contributed by atoms with van der Waals surface area (Å²) in [6.07, 6.45) is 4.15. The number of likely N-dealkylation sites (N-methyl/N-ethyl adjacent to an activating group) is 1. The van der Waals surface area contributed by atoms with E-state index in [1.54, 1.807) is 7.05 Å². The molecule has 0 atom stereocenters. The van der Waals surface area contributed by atoms with Crippen molar-refractivity contribution in [3.05, 3.63) is 24.0 Å². The van der Waals surface area contributed by atoms with Crippen LogP contribution in [0.25, 0.3) is 0 Å². The van der Waals surface area contributed by atoms with E-state index in [1.807, 2.05) is 0 Å². The standard InChI is InChI=1S/C20H27FN4O4S/c1-24(20(15-22)7-3-2-4-8-20)19(26)14-23-16-5-6-17(21)18(13-16)30(27,28)25-9-11-29-12-10-25/h5-6,13,23H,2-4,7-12,14H2,1H3. The van der Waals surface area contributed by atoms with Gasteiger partial charge in [-0.3, -0.25) is 4.79 Å². The van der Waals surface area contributed by atoms with Gasteiger partial charge in [0.05, 0.1) is 25.8 Å². The summed E-state index contributed by atoms with van der Waals surface area (Å²) in [6, 6.07) is 5.97. The van der Waals surface area contributed by atoms with Crippen LogP contribution in [0.3, 0.4) is 0 Å². The number of amides is 1. The third kappa shape index (κ3) is 4.58. The number of carbonyl (C=O) groups is 1. The van der Waals surface area contributed by atoms with Gasteiger partial charge in [0.1, 0.15) is 16.3 Å². The molecule has 2 fully saturated rings. The number of halogens is 1. The van der Waals surface area contributed by atoms with Crippen LogP contribution in [0.2, 0.25) is 0 Å². The van der Waals surface area contributed by atoms with Crippen LogP contribution in [-0.4, -0.2) is 69.0 Å². The van der Waals surface area contributed by atoms with E-state index in [1.165, 1.54) is 21.3 Å². The number of ether oxygens (including phenoxy) is 1. The van der Waals surface area contributed by atoms with Gasteiger partial charge in [-0.05, 0) is 31.0 Å². The fraction of sp³-hybridized carbons (Fsp3) is 0.600. The van der Waals surface area contributed by atoms with E-state index >= 15 is 0 Å². The Bertz CT molecular complexity index is 919. The number of anilines is 1. The number of rotatable bonds is 6. The number of morpholine rings is 1. The topological polar surface area (TPSA) is 103 Å². The first kappa shape index (κ1) is 22.5. The van der Waals surface area contributed by atoms with Crippen LogP contribution in [-0.2, 0) is 19.6 Å². The summed E-state index contributed by atoms with van der Waals surface area (Å²) in [7, 11) is -2.38. The van der Waals surface area contributed by atoms with Crippen molar-refractivity contribution < 1.29 is 22.3 Å². The molecule has 3 rings (SSSR count). The zero-order valence-electron chi connectivity index (χ0n) is 17.1. The van der Waals surface area contributed by atoms with E-state index < -0.39 is 26.3 Å². The summed E-state index contributed by atoms with van der Waals surface area (Å²) in [5, 5.41) is 12.5. The van der Waals surface area contributed by atoms with Crippen LogP contribution in [0.1, 0.15) is 32.1 Å². The summed E-state index contributed by atoms with van der Waals surface area (Å²) in [5.74, 6) is -1.12. The highest BCUT2D eigenvalue weighted by Crippen LogP contribution is 2.32. The maximum Gasteiger partial charge on any atom is 0.246 e. The largest absolute Gasteiger partial charge is 0.379 e. The molecule has 0 radical (unpaired) electrons. The Morgan fingerprint density at radius 1 is 1.30 bits per heavy atom. The number of nitriles is 1. The number of nitrogens with zero attached hydrogens (tertiary/aromatic N) is 3. The molecule has 30 heavy (non-hydrogen) atoms. The van der Waals surface area contributed by atoms with Gasteiger partial charge in [0.25, 0.3) is 0 Å². The Labute approximate surface area is 176 Å². The molecule has 8 nitrogen and oxygen atoms in total. The predicted molar refractivity (Wildman–Crippen MR) is 109 cm³/mol. The van der Waals surface area contributed by atoms with Crippen LogP contribution >= 0.6 is 0 Å². The van der Waals surface area contributed by atoms with Gasteiger partial charge in [0.15, 0.2) is 0 Å². The van der Waals surface area contributed by atoms with Crippen molar-refractivity contribution >= 4 is 21.6 Å². The van der Waals surface area contributed by atoms with Crippen molar-refractivity contribution in [2.24, 2.45) is 0 Å². The summed E-state index contributed by atoms with van der Waals surface area (Å²) < 4.78 is 46.2. The third-order valence-corrected chi connectivity index (χ3v) is 7.78. The van der Waals surface area contributed by atoms with Crippen LogP contribution in [0.15, 0.2) is 23.1 Å². The molecule has 2 aliphatic rings. The van der Waals surface area contributed by atoms with Gasteiger partial charge in [-0.25, -0.2) is 12.8 Å². The van der Waals surface area contributed by atoms with Gasteiger partial charge in [0.2, 0.25) is 15.9 Å². The molecule has 1 heterocycles. The second-order valence-corrected chi connectivity index (χ2v) is 9.58. The van der Waals surface area contributed by atoms with Crippen molar-refractivity contribution in [1.82, 2.24) is 9.21 Å². The highest BCUT2D eigenvalue weighted by atomic mass is 32.2. The van der Waals surface area contributed by atoms with Crippen LogP contribution in [0.4, 0.5) is 10.1 Å². The first-order valence-electron chi connectivity index (χ1n) is 10.1. The van der Waals surface area contributed by atoms with Crippen LogP contribution in [0.5, 0.6) is 0 Å². The number of sulfonamides is 1. The second kappa shape index (κ2) is 9.29. The molecule has 0 spiro atoms. The van der Waals surface area contributed by atoms with Crippen molar-refractivity contribution in [1.29, 1.82) is 5.26 Å². The lowest BCUT2D eigenvalue weighted by Crippen LogP contribution is -2.51. The minimum atomic E-state index is -4.00. The maximum atomic E-state index is 14.3. The molecule has 1 amide bonds. The number of nitrogens with one attached hydrogen (secondary N) is 1. The highest BCUT2D eigenvalue weighted by molar-refractivity contribution is 7.89. The van der Waals surface area contributed by atoms with Gasteiger partial charge in [-0.2, -0.15) is 9.57 Å². The van der Waals surface area contributed by atoms with Crippen molar-refractivity contribution in [2.75, 3.05) is 45.2 Å². The average Bonchev–Trinajstić information content (AvgIpc) is 2.78. The molecule has 1 aliphatic carbocycles. The first-order valence-corrected chi connectivity index (χ1v) is 11.5. The zero-order chi connectivity index (χ0) is 21.8. The van der Waals surface area contributed by atoms with Crippen molar-refractivity contribution in [3.63, 3.8) is 0 Å². The van der Waals surface area contributed by atoms with E-state index in [4.69, 9.17) is 4.74 Å².